The fraction of sp³-hybridized carbons (Fsp3) is 0.297. The van der Waals surface area contributed by atoms with E-state index in [1.165, 1.54) is 0 Å². The van der Waals surface area contributed by atoms with Crippen molar-refractivity contribution < 1.29 is 37.9 Å². The molecule has 12 heteroatoms. The van der Waals surface area contributed by atoms with Gasteiger partial charge in [0.15, 0.2) is 18.0 Å². The molecule has 3 aliphatic heterocycles. The minimum Gasteiger partial charge on any atom is -0.461 e. The van der Waals surface area contributed by atoms with Gasteiger partial charge in [-0.3, -0.25) is 9.59 Å². The van der Waals surface area contributed by atoms with Gasteiger partial charge in [-0.15, -0.1) is 0 Å². The Morgan fingerprint density at radius 1 is 0.898 bits per heavy atom. The van der Waals surface area contributed by atoms with Crippen molar-refractivity contribution in [2.75, 3.05) is 32.8 Å². The molecule has 1 unspecified atom stereocenters. The lowest BCUT2D eigenvalue weighted by Gasteiger charge is -2.37. The molecular weight excluding hydrogens is 626 g/mol. The summed E-state index contributed by atoms with van der Waals surface area (Å²) in [4.78, 5) is 43.8. The number of hydrogen-bond donors (Lipinski definition) is 0. The summed E-state index contributed by atoms with van der Waals surface area (Å²) in [6, 6.07) is 22.1. The predicted octanol–water partition coefficient (Wildman–Crippen LogP) is 4.93. The van der Waals surface area contributed by atoms with Crippen molar-refractivity contribution in [2.24, 2.45) is 5.11 Å². The number of aromatic nitrogens is 1. The Morgan fingerprint density at radius 2 is 1.59 bits per heavy atom. The van der Waals surface area contributed by atoms with E-state index in [2.05, 4.69) is 10.0 Å². The Kier molecular flexibility index (Phi) is 8.97. The van der Waals surface area contributed by atoms with E-state index in [1.807, 2.05) is 71.6 Å². The van der Waals surface area contributed by atoms with E-state index in [1.54, 1.807) is 23.1 Å². The van der Waals surface area contributed by atoms with E-state index < -0.39 is 17.5 Å². The second-order valence-corrected chi connectivity index (χ2v) is 12.1. The van der Waals surface area contributed by atoms with Crippen LogP contribution in [0.1, 0.15) is 50.2 Å². The molecule has 0 saturated carbocycles. The number of ether oxygens (including phenoxy) is 4. The highest BCUT2D eigenvalue weighted by molar-refractivity contribution is 5.97. The monoisotopic (exact) mass is 660 g/mol. The molecule has 49 heavy (non-hydrogen) atoms. The number of hydrogen-bond acceptors (Lipinski definition) is 8. The Labute approximate surface area is 282 Å². The maximum atomic E-state index is 13.2. The summed E-state index contributed by atoms with van der Waals surface area (Å²) in [5, 5.41) is 3.55. The Morgan fingerprint density at radius 3 is 2.31 bits per heavy atom. The summed E-state index contributed by atoms with van der Waals surface area (Å²) in [6.07, 6.45) is 4.72. The van der Waals surface area contributed by atoms with Gasteiger partial charge in [-0.25, -0.2) is 9.36 Å². The molecule has 4 heterocycles. The first-order valence-electron chi connectivity index (χ1n) is 16.2. The molecule has 1 spiro atoms. The molecule has 1 fully saturated rings. The number of benzene rings is 3. The quantitative estimate of drug-likeness (QED) is 0.0586. The Balaban J connectivity index is 1.11. The SMILES string of the molecule is [N-]=[N+]=NCCC[n+]1ccc(COC(=O)Cc2ccc3c(c2)Oc2cc(CC(=O)N4CCOCC4)ccc2C32OC(=O)c3ccccc32)cc1. The molecular formula is C37H34N5O7+. The zero-order valence-corrected chi connectivity index (χ0v) is 26.7. The van der Waals surface area contributed by atoms with Crippen LogP contribution in [0.25, 0.3) is 10.4 Å². The zero-order valence-electron chi connectivity index (χ0n) is 26.7. The van der Waals surface area contributed by atoms with Crippen LogP contribution in [0, 0.1) is 0 Å². The topological polar surface area (TPSA) is 144 Å². The number of rotatable bonds is 10. The molecule has 0 N–H and O–H groups in total. The number of fused-ring (bicyclic) bond motifs is 6. The lowest BCUT2D eigenvalue weighted by molar-refractivity contribution is -0.697. The number of carbonyl (C=O) groups excluding carboxylic acids is 3. The minimum absolute atomic E-state index is 0.00420. The largest absolute Gasteiger partial charge is 0.461 e. The average Bonchev–Trinajstić information content (AvgIpc) is 3.42. The van der Waals surface area contributed by atoms with Crippen LogP contribution in [0.4, 0.5) is 0 Å². The fourth-order valence-corrected chi connectivity index (χ4v) is 6.57. The lowest BCUT2D eigenvalue weighted by atomic mass is 9.77. The highest BCUT2D eigenvalue weighted by atomic mass is 16.6. The standard InChI is InChI=1S/C37H34N5O7/c38-40-39-12-3-13-41-14-10-25(11-15-41)24-47-35(44)23-27-7-9-31-33(21-27)48-32-20-26(22-34(43)42-16-18-46-19-17-42)6-8-30(32)37(31)29-5-2-1-4-28(29)36(45)49-37/h1-2,4-11,14-15,20-21H,3,12-13,16-19,22-24H2/q+1. The summed E-state index contributed by atoms with van der Waals surface area (Å²) in [7, 11) is 0. The van der Waals surface area contributed by atoms with Crippen molar-refractivity contribution >= 4 is 17.8 Å². The van der Waals surface area contributed by atoms with Crippen LogP contribution in [-0.4, -0.2) is 55.6 Å². The van der Waals surface area contributed by atoms with Gasteiger partial charge in [-0.2, -0.15) is 0 Å². The summed E-state index contributed by atoms with van der Waals surface area (Å²) in [5.41, 5.74) is 11.9. The van der Waals surface area contributed by atoms with E-state index in [0.29, 0.717) is 78.7 Å². The van der Waals surface area contributed by atoms with Gasteiger partial charge in [0.1, 0.15) is 24.7 Å². The van der Waals surface area contributed by atoms with Gasteiger partial charge >= 0.3 is 11.9 Å². The van der Waals surface area contributed by atoms with Crippen molar-refractivity contribution in [3.8, 4) is 11.5 Å². The molecule has 0 bridgehead atoms. The van der Waals surface area contributed by atoms with Gasteiger partial charge in [0.05, 0.1) is 31.6 Å². The number of carbonyl (C=O) groups is 3. The third-order valence-electron chi connectivity index (χ3n) is 9.01. The third kappa shape index (κ3) is 6.43. The maximum Gasteiger partial charge on any atom is 0.340 e. The van der Waals surface area contributed by atoms with Crippen LogP contribution < -0.4 is 9.30 Å². The number of pyridine rings is 1. The molecule has 1 saturated heterocycles. The zero-order chi connectivity index (χ0) is 33.8. The summed E-state index contributed by atoms with van der Waals surface area (Å²) >= 11 is 0. The van der Waals surface area contributed by atoms with E-state index >= 15 is 0 Å². The second kappa shape index (κ2) is 13.8. The molecule has 4 aromatic rings. The highest BCUT2D eigenvalue weighted by Gasteiger charge is 2.53. The van der Waals surface area contributed by atoms with Crippen molar-refractivity contribution in [1.29, 1.82) is 0 Å². The first-order valence-corrected chi connectivity index (χ1v) is 16.2. The van der Waals surface area contributed by atoms with E-state index in [-0.39, 0.29) is 25.4 Å². The molecule has 1 atom stereocenters. The first-order chi connectivity index (χ1) is 23.9. The van der Waals surface area contributed by atoms with Gasteiger partial charge in [0, 0.05) is 65.4 Å². The molecule has 3 aliphatic rings. The number of azide groups is 1. The number of amides is 1. The Bertz CT molecular complexity index is 1970. The smallest absolute Gasteiger partial charge is 0.340 e. The van der Waals surface area contributed by atoms with Crippen LogP contribution in [-0.2, 0) is 55.4 Å². The minimum atomic E-state index is -1.25. The molecule has 1 aromatic heterocycles. The normalized spacial score (nSPS) is 17.2. The number of nitrogens with zero attached hydrogens (tertiary/aromatic N) is 5. The van der Waals surface area contributed by atoms with Crippen molar-refractivity contribution in [3.05, 3.63) is 135 Å². The van der Waals surface area contributed by atoms with Gasteiger partial charge in [0.25, 0.3) is 0 Å². The number of esters is 2. The maximum absolute atomic E-state index is 13.2. The van der Waals surface area contributed by atoms with Gasteiger partial charge in [-0.05, 0) is 34.9 Å². The van der Waals surface area contributed by atoms with E-state index in [0.717, 1.165) is 17.5 Å². The number of morpholine rings is 1. The molecule has 1 amide bonds. The number of aryl methyl sites for hydroxylation is 1. The van der Waals surface area contributed by atoms with Crippen LogP contribution in [0.3, 0.4) is 0 Å². The van der Waals surface area contributed by atoms with Gasteiger partial charge in [0.2, 0.25) is 5.91 Å². The van der Waals surface area contributed by atoms with Crippen LogP contribution >= 0.6 is 0 Å². The average molecular weight is 661 g/mol. The summed E-state index contributed by atoms with van der Waals surface area (Å²) in [6.45, 7) is 3.42. The van der Waals surface area contributed by atoms with Crippen LogP contribution in [0.2, 0.25) is 0 Å². The first kappa shape index (κ1) is 31.9. The van der Waals surface area contributed by atoms with Gasteiger partial charge < -0.3 is 23.8 Å². The van der Waals surface area contributed by atoms with Crippen molar-refractivity contribution in [2.45, 2.75) is 38.0 Å². The summed E-state index contributed by atoms with van der Waals surface area (Å²) in [5.74, 6) is 0.0893. The molecule has 7 rings (SSSR count). The van der Waals surface area contributed by atoms with E-state index in [4.69, 9.17) is 24.5 Å². The van der Waals surface area contributed by atoms with Crippen molar-refractivity contribution in [1.82, 2.24) is 4.90 Å². The van der Waals surface area contributed by atoms with Crippen molar-refractivity contribution in [3.63, 3.8) is 0 Å². The summed E-state index contributed by atoms with van der Waals surface area (Å²) < 4.78 is 25.7. The van der Waals surface area contributed by atoms with Crippen LogP contribution in [0.15, 0.2) is 90.3 Å². The molecule has 12 nitrogen and oxygen atoms in total. The second-order valence-electron chi connectivity index (χ2n) is 12.1. The lowest BCUT2D eigenvalue weighted by Crippen LogP contribution is -2.41. The molecule has 0 radical (unpaired) electrons. The predicted molar refractivity (Wildman–Crippen MR) is 175 cm³/mol. The Hall–Kier alpha value is -5.71. The van der Waals surface area contributed by atoms with E-state index in [9.17, 15) is 14.4 Å². The molecule has 248 valence electrons. The molecule has 0 aliphatic carbocycles. The van der Waals surface area contributed by atoms with Gasteiger partial charge in [-0.1, -0.05) is 47.6 Å². The highest BCUT2D eigenvalue weighted by Crippen LogP contribution is 2.56. The fourth-order valence-electron chi connectivity index (χ4n) is 6.57. The third-order valence-corrected chi connectivity index (χ3v) is 9.01. The molecule has 3 aromatic carbocycles. The van der Waals surface area contributed by atoms with Crippen LogP contribution in [0.5, 0.6) is 11.5 Å².